The van der Waals surface area contributed by atoms with E-state index >= 15 is 0 Å². The third-order valence-corrected chi connectivity index (χ3v) is 5.34. The van der Waals surface area contributed by atoms with E-state index < -0.39 is 0 Å². The lowest BCUT2D eigenvalue weighted by molar-refractivity contribution is 0.133. The van der Waals surface area contributed by atoms with Gasteiger partial charge in [-0.15, -0.1) is 0 Å². The lowest BCUT2D eigenvalue weighted by Crippen LogP contribution is -2.44. The van der Waals surface area contributed by atoms with E-state index in [9.17, 15) is 4.79 Å². The van der Waals surface area contributed by atoms with Crippen LogP contribution in [0.25, 0.3) is 0 Å². The van der Waals surface area contributed by atoms with Gasteiger partial charge in [0, 0.05) is 19.1 Å². The fourth-order valence-corrected chi connectivity index (χ4v) is 3.87. The zero-order valence-electron chi connectivity index (χ0n) is 14.0. The summed E-state index contributed by atoms with van der Waals surface area (Å²) in [4.78, 5) is 14.6. The Labute approximate surface area is 139 Å². The van der Waals surface area contributed by atoms with Crippen molar-refractivity contribution in [3.05, 3.63) is 35.9 Å². The Morgan fingerprint density at radius 1 is 1.00 bits per heavy atom. The average molecular weight is 315 g/mol. The second kappa shape index (κ2) is 8.34. The van der Waals surface area contributed by atoms with Gasteiger partial charge in [-0.2, -0.15) is 0 Å². The topological polar surface area (TPSA) is 44.4 Å². The Morgan fingerprint density at radius 2 is 1.70 bits per heavy atom. The highest BCUT2D eigenvalue weighted by Gasteiger charge is 2.27. The lowest BCUT2D eigenvalue weighted by atomic mass is 9.95. The number of hydrogen-bond acceptors (Lipinski definition) is 2. The number of amides is 2. The average Bonchev–Trinajstić information content (AvgIpc) is 3.14. The number of nitrogens with one attached hydrogen (secondary N) is 2. The maximum atomic E-state index is 11.9. The Kier molecular flexibility index (Phi) is 5.92. The van der Waals surface area contributed by atoms with Crippen molar-refractivity contribution in [3.63, 3.8) is 0 Å². The standard InChI is InChI=1S/C19H29N3O/c23-19(20-14-16-6-2-1-3-7-16)21-15-17-10-12-22(13-11-17)18-8-4-5-9-18/h1-3,6-7,17-18H,4-5,8-15H2,(H2,20,21,23). The maximum absolute atomic E-state index is 11.9. The lowest BCUT2D eigenvalue weighted by Gasteiger charge is -2.36. The summed E-state index contributed by atoms with van der Waals surface area (Å²) in [5, 5.41) is 5.97. The zero-order valence-corrected chi connectivity index (χ0v) is 14.0. The van der Waals surface area contributed by atoms with Crippen LogP contribution in [0.5, 0.6) is 0 Å². The quantitative estimate of drug-likeness (QED) is 0.877. The highest BCUT2D eigenvalue weighted by molar-refractivity contribution is 5.73. The molecule has 0 aromatic heterocycles. The Bertz CT molecular complexity index is 477. The van der Waals surface area contributed by atoms with Gasteiger partial charge in [0.05, 0.1) is 0 Å². The first-order valence-corrected chi connectivity index (χ1v) is 9.11. The van der Waals surface area contributed by atoms with E-state index in [1.165, 1.54) is 51.6 Å². The minimum Gasteiger partial charge on any atom is -0.338 e. The molecule has 4 heteroatoms. The van der Waals surface area contributed by atoms with Crippen LogP contribution in [-0.4, -0.2) is 36.6 Å². The van der Waals surface area contributed by atoms with E-state index in [0.29, 0.717) is 12.5 Å². The van der Waals surface area contributed by atoms with Gasteiger partial charge in [-0.3, -0.25) is 0 Å². The molecular formula is C19H29N3O. The van der Waals surface area contributed by atoms with E-state index in [4.69, 9.17) is 0 Å². The largest absolute Gasteiger partial charge is 0.338 e. The van der Waals surface area contributed by atoms with Crippen molar-refractivity contribution >= 4 is 6.03 Å². The van der Waals surface area contributed by atoms with Crippen LogP contribution in [0, 0.1) is 5.92 Å². The molecule has 0 atom stereocenters. The molecule has 1 saturated heterocycles. The minimum absolute atomic E-state index is 0.0490. The number of piperidine rings is 1. The molecule has 2 N–H and O–H groups in total. The Balaban J connectivity index is 1.31. The summed E-state index contributed by atoms with van der Waals surface area (Å²) in [6, 6.07) is 10.8. The van der Waals surface area contributed by atoms with E-state index in [-0.39, 0.29) is 6.03 Å². The van der Waals surface area contributed by atoms with Crippen molar-refractivity contribution in [3.8, 4) is 0 Å². The predicted molar refractivity (Wildman–Crippen MR) is 93.2 cm³/mol. The minimum atomic E-state index is -0.0490. The third kappa shape index (κ3) is 4.96. The maximum Gasteiger partial charge on any atom is 0.315 e. The van der Waals surface area contributed by atoms with Crippen molar-refractivity contribution in [2.75, 3.05) is 19.6 Å². The molecule has 2 amide bonds. The smallest absolute Gasteiger partial charge is 0.315 e. The predicted octanol–water partition coefficient (Wildman–Crippen LogP) is 3.14. The molecule has 1 aromatic rings. The van der Waals surface area contributed by atoms with Gasteiger partial charge in [0.2, 0.25) is 0 Å². The van der Waals surface area contributed by atoms with Gasteiger partial charge in [0.15, 0.2) is 0 Å². The summed E-state index contributed by atoms with van der Waals surface area (Å²) in [6.07, 6.45) is 8.04. The highest BCUT2D eigenvalue weighted by Crippen LogP contribution is 2.27. The summed E-state index contributed by atoms with van der Waals surface area (Å²) in [7, 11) is 0. The van der Waals surface area contributed by atoms with Crippen LogP contribution in [-0.2, 0) is 6.54 Å². The van der Waals surface area contributed by atoms with Crippen LogP contribution in [0.4, 0.5) is 4.79 Å². The Hall–Kier alpha value is -1.55. The number of urea groups is 1. The molecule has 1 saturated carbocycles. The molecule has 4 nitrogen and oxygen atoms in total. The van der Waals surface area contributed by atoms with Crippen LogP contribution >= 0.6 is 0 Å². The van der Waals surface area contributed by atoms with Crippen LogP contribution in [0.2, 0.25) is 0 Å². The van der Waals surface area contributed by atoms with Crippen LogP contribution in [0.15, 0.2) is 30.3 Å². The summed E-state index contributed by atoms with van der Waals surface area (Å²) >= 11 is 0. The van der Waals surface area contributed by atoms with E-state index in [1.54, 1.807) is 0 Å². The van der Waals surface area contributed by atoms with Crippen molar-refractivity contribution in [1.82, 2.24) is 15.5 Å². The normalized spacial score (nSPS) is 20.5. The molecule has 2 fully saturated rings. The van der Waals surface area contributed by atoms with Gasteiger partial charge in [0.1, 0.15) is 0 Å². The highest BCUT2D eigenvalue weighted by atomic mass is 16.2. The SMILES string of the molecule is O=C(NCc1ccccc1)NCC1CCN(C2CCCC2)CC1. The third-order valence-electron chi connectivity index (χ3n) is 5.34. The summed E-state index contributed by atoms with van der Waals surface area (Å²) < 4.78 is 0. The van der Waals surface area contributed by atoms with Gasteiger partial charge in [0.25, 0.3) is 0 Å². The van der Waals surface area contributed by atoms with Crippen molar-refractivity contribution in [1.29, 1.82) is 0 Å². The second-order valence-electron chi connectivity index (χ2n) is 6.97. The van der Waals surface area contributed by atoms with Gasteiger partial charge in [-0.25, -0.2) is 4.79 Å². The van der Waals surface area contributed by atoms with E-state index in [2.05, 4.69) is 15.5 Å². The number of carbonyl (C=O) groups excluding carboxylic acids is 1. The molecule has 23 heavy (non-hydrogen) atoms. The van der Waals surface area contributed by atoms with Gasteiger partial charge >= 0.3 is 6.03 Å². The van der Waals surface area contributed by atoms with Crippen molar-refractivity contribution in [2.24, 2.45) is 5.92 Å². The van der Waals surface area contributed by atoms with Crippen LogP contribution < -0.4 is 10.6 Å². The van der Waals surface area contributed by atoms with Gasteiger partial charge in [-0.05, 0) is 50.3 Å². The molecule has 1 aliphatic carbocycles. The molecule has 126 valence electrons. The molecule has 0 bridgehead atoms. The molecule has 1 aromatic carbocycles. The van der Waals surface area contributed by atoms with Crippen LogP contribution in [0.1, 0.15) is 44.1 Å². The summed E-state index contributed by atoms with van der Waals surface area (Å²) in [5.41, 5.74) is 1.13. The number of likely N-dealkylation sites (tertiary alicyclic amines) is 1. The van der Waals surface area contributed by atoms with E-state index in [1.807, 2.05) is 30.3 Å². The molecule has 1 heterocycles. The zero-order chi connectivity index (χ0) is 15.9. The fourth-order valence-electron chi connectivity index (χ4n) is 3.87. The number of rotatable bonds is 5. The van der Waals surface area contributed by atoms with E-state index in [0.717, 1.165) is 18.2 Å². The molecule has 2 aliphatic rings. The molecule has 3 rings (SSSR count). The van der Waals surface area contributed by atoms with Gasteiger partial charge < -0.3 is 15.5 Å². The first kappa shape index (κ1) is 16.3. The second-order valence-corrected chi connectivity index (χ2v) is 6.97. The first-order chi connectivity index (χ1) is 11.3. The van der Waals surface area contributed by atoms with Crippen molar-refractivity contribution < 1.29 is 4.79 Å². The number of nitrogens with zero attached hydrogens (tertiary/aromatic N) is 1. The first-order valence-electron chi connectivity index (χ1n) is 9.11. The molecular weight excluding hydrogens is 286 g/mol. The molecule has 0 spiro atoms. The molecule has 1 aliphatic heterocycles. The summed E-state index contributed by atoms with van der Waals surface area (Å²) in [5.74, 6) is 0.634. The number of hydrogen-bond donors (Lipinski definition) is 2. The number of carbonyl (C=O) groups is 1. The Morgan fingerprint density at radius 3 is 2.39 bits per heavy atom. The molecule has 0 radical (unpaired) electrons. The molecule has 0 unspecified atom stereocenters. The monoisotopic (exact) mass is 315 g/mol. The fraction of sp³-hybridized carbons (Fsp3) is 0.632. The van der Waals surface area contributed by atoms with Crippen molar-refractivity contribution in [2.45, 2.75) is 51.1 Å². The van der Waals surface area contributed by atoms with Gasteiger partial charge in [-0.1, -0.05) is 43.2 Å². The van der Waals surface area contributed by atoms with Crippen LogP contribution in [0.3, 0.4) is 0 Å². The summed E-state index contributed by atoms with van der Waals surface area (Å²) in [6.45, 7) is 3.82. The number of benzene rings is 1.